The van der Waals surface area contributed by atoms with E-state index >= 15 is 0 Å². The first-order chi connectivity index (χ1) is 8.77. The van der Waals surface area contributed by atoms with Crippen LogP contribution in [0.2, 0.25) is 0 Å². The Labute approximate surface area is 110 Å². The third-order valence-corrected chi connectivity index (χ3v) is 4.77. The molecule has 2 aliphatic rings. The molecule has 3 rings (SSSR count). The highest BCUT2D eigenvalue weighted by atomic mass is 15.2. The van der Waals surface area contributed by atoms with E-state index in [2.05, 4.69) is 42.3 Å². The van der Waals surface area contributed by atoms with Crippen molar-refractivity contribution in [3.05, 3.63) is 29.3 Å². The van der Waals surface area contributed by atoms with E-state index in [0.29, 0.717) is 12.1 Å². The van der Waals surface area contributed by atoms with Crippen LogP contribution >= 0.6 is 0 Å². The molecule has 2 nitrogen and oxygen atoms in total. The zero-order valence-electron chi connectivity index (χ0n) is 11.6. The molecule has 1 saturated carbocycles. The first kappa shape index (κ1) is 12.0. The van der Waals surface area contributed by atoms with Crippen LogP contribution in [0.4, 0.5) is 5.69 Å². The summed E-state index contributed by atoms with van der Waals surface area (Å²) in [6, 6.07) is 8.16. The second kappa shape index (κ2) is 4.93. The first-order valence-electron chi connectivity index (χ1n) is 7.33. The number of fused-ring (bicyclic) bond motifs is 1. The van der Waals surface area contributed by atoms with Gasteiger partial charge in [-0.25, -0.2) is 0 Å². The number of nitrogens with one attached hydrogen (secondary N) is 1. The van der Waals surface area contributed by atoms with Gasteiger partial charge in [-0.15, -0.1) is 0 Å². The molecule has 0 aromatic heterocycles. The van der Waals surface area contributed by atoms with Crippen molar-refractivity contribution in [3.8, 4) is 0 Å². The zero-order valence-corrected chi connectivity index (χ0v) is 11.6. The molecule has 98 valence electrons. The molecule has 1 aliphatic heterocycles. The molecule has 0 amide bonds. The number of anilines is 1. The van der Waals surface area contributed by atoms with Gasteiger partial charge in [0.1, 0.15) is 0 Å². The summed E-state index contributed by atoms with van der Waals surface area (Å²) in [5, 5.41) is 3.71. The molecule has 2 unspecified atom stereocenters. The minimum atomic E-state index is 0.715. The Morgan fingerprint density at radius 1 is 1.17 bits per heavy atom. The molecule has 0 spiro atoms. The predicted molar refractivity (Wildman–Crippen MR) is 77.3 cm³/mol. The molecule has 1 aromatic carbocycles. The van der Waals surface area contributed by atoms with Crippen molar-refractivity contribution in [2.75, 3.05) is 18.0 Å². The lowest BCUT2D eigenvalue weighted by Gasteiger charge is -2.46. The quantitative estimate of drug-likeness (QED) is 0.817. The molecular formula is C16H24N2. The summed E-state index contributed by atoms with van der Waals surface area (Å²) in [6.07, 6.45) is 5.50. The number of rotatable bonds is 1. The Kier molecular flexibility index (Phi) is 3.29. The van der Waals surface area contributed by atoms with Crippen molar-refractivity contribution < 1.29 is 0 Å². The lowest BCUT2D eigenvalue weighted by Crippen LogP contribution is -2.59. The fourth-order valence-electron chi connectivity index (χ4n) is 3.60. The molecule has 1 aliphatic carbocycles. The summed E-state index contributed by atoms with van der Waals surface area (Å²) in [5.74, 6) is 0. The van der Waals surface area contributed by atoms with Crippen LogP contribution in [0, 0.1) is 13.8 Å². The van der Waals surface area contributed by atoms with E-state index in [-0.39, 0.29) is 0 Å². The number of hydrogen-bond donors (Lipinski definition) is 1. The minimum Gasteiger partial charge on any atom is -0.365 e. The van der Waals surface area contributed by atoms with E-state index in [1.807, 2.05) is 0 Å². The Hall–Kier alpha value is -1.02. The van der Waals surface area contributed by atoms with E-state index in [9.17, 15) is 0 Å². The van der Waals surface area contributed by atoms with Gasteiger partial charge in [0, 0.05) is 30.9 Å². The van der Waals surface area contributed by atoms with Gasteiger partial charge in [-0.1, -0.05) is 25.0 Å². The van der Waals surface area contributed by atoms with Gasteiger partial charge in [-0.2, -0.15) is 0 Å². The van der Waals surface area contributed by atoms with E-state index in [0.717, 1.165) is 13.1 Å². The van der Waals surface area contributed by atoms with Crippen molar-refractivity contribution in [2.24, 2.45) is 0 Å². The number of piperazine rings is 1. The van der Waals surface area contributed by atoms with Gasteiger partial charge in [0.05, 0.1) is 0 Å². The Morgan fingerprint density at radius 3 is 2.89 bits per heavy atom. The first-order valence-corrected chi connectivity index (χ1v) is 7.33. The highest BCUT2D eigenvalue weighted by Gasteiger charge is 2.33. The number of aryl methyl sites for hydroxylation is 1. The van der Waals surface area contributed by atoms with Gasteiger partial charge in [0.2, 0.25) is 0 Å². The second-order valence-corrected chi connectivity index (χ2v) is 5.82. The van der Waals surface area contributed by atoms with Gasteiger partial charge >= 0.3 is 0 Å². The normalized spacial score (nSPS) is 28.0. The van der Waals surface area contributed by atoms with E-state index in [1.165, 1.54) is 42.5 Å². The molecule has 0 radical (unpaired) electrons. The third kappa shape index (κ3) is 2.03. The topological polar surface area (TPSA) is 15.3 Å². The van der Waals surface area contributed by atoms with Crippen molar-refractivity contribution in [3.63, 3.8) is 0 Å². The van der Waals surface area contributed by atoms with Gasteiger partial charge in [0.15, 0.2) is 0 Å². The average molecular weight is 244 g/mol. The summed E-state index contributed by atoms with van der Waals surface area (Å²) in [7, 11) is 0. The lowest BCUT2D eigenvalue weighted by atomic mass is 9.87. The number of benzene rings is 1. The molecule has 1 aromatic rings. The lowest BCUT2D eigenvalue weighted by molar-refractivity contribution is 0.284. The van der Waals surface area contributed by atoms with Gasteiger partial charge in [-0.05, 0) is 43.9 Å². The number of hydrogen-bond acceptors (Lipinski definition) is 2. The van der Waals surface area contributed by atoms with Gasteiger partial charge < -0.3 is 10.2 Å². The van der Waals surface area contributed by atoms with Crippen molar-refractivity contribution in [1.82, 2.24) is 5.32 Å². The molecule has 18 heavy (non-hydrogen) atoms. The second-order valence-electron chi connectivity index (χ2n) is 5.82. The highest BCUT2D eigenvalue weighted by molar-refractivity contribution is 5.57. The van der Waals surface area contributed by atoms with Crippen LogP contribution in [0.25, 0.3) is 0 Å². The monoisotopic (exact) mass is 244 g/mol. The molecule has 2 fully saturated rings. The van der Waals surface area contributed by atoms with Gasteiger partial charge in [-0.3, -0.25) is 0 Å². The zero-order chi connectivity index (χ0) is 12.5. The highest BCUT2D eigenvalue weighted by Crippen LogP contribution is 2.32. The van der Waals surface area contributed by atoms with Crippen LogP contribution in [0.1, 0.15) is 36.8 Å². The van der Waals surface area contributed by atoms with Crippen LogP contribution in [0.15, 0.2) is 18.2 Å². The SMILES string of the molecule is Cc1cccc(N2CCNC3CCCCC32)c1C. The molecule has 0 bridgehead atoms. The Bertz CT molecular complexity index is 425. The van der Waals surface area contributed by atoms with Crippen molar-refractivity contribution in [1.29, 1.82) is 0 Å². The maximum atomic E-state index is 3.71. The fraction of sp³-hybridized carbons (Fsp3) is 0.625. The van der Waals surface area contributed by atoms with Crippen LogP contribution in [-0.2, 0) is 0 Å². The van der Waals surface area contributed by atoms with Crippen LogP contribution in [0.3, 0.4) is 0 Å². The van der Waals surface area contributed by atoms with Crippen LogP contribution in [-0.4, -0.2) is 25.2 Å². The van der Waals surface area contributed by atoms with Crippen molar-refractivity contribution >= 4 is 5.69 Å². The fourth-order valence-corrected chi connectivity index (χ4v) is 3.60. The Morgan fingerprint density at radius 2 is 2.00 bits per heavy atom. The maximum absolute atomic E-state index is 3.71. The molecule has 1 heterocycles. The average Bonchev–Trinajstić information content (AvgIpc) is 2.41. The molecule has 2 heteroatoms. The summed E-state index contributed by atoms with van der Waals surface area (Å²) < 4.78 is 0. The molecule has 1 saturated heterocycles. The van der Waals surface area contributed by atoms with E-state index in [1.54, 1.807) is 0 Å². The molecular weight excluding hydrogens is 220 g/mol. The minimum absolute atomic E-state index is 0.715. The number of nitrogens with zero attached hydrogens (tertiary/aromatic N) is 1. The molecule has 1 N–H and O–H groups in total. The van der Waals surface area contributed by atoms with Gasteiger partial charge in [0.25, 0.3) is 0 Å². The van der Waals surface area contributed by atoms with Crippen molar-refractivity contribution in [2.45, 2.75) is 51.6 Å². The standard InChI is InChI=1S/C16H24N2/c1-12-6-5-9-15(13(12)2)18-11-10-17-14-7-3-4-8-16(14)18/h5-6,9,14,16-17H,3-4,7-8,10-11H2,1-2H3. The van der Waals surface area contributed by atoms with Crippen LogP contribution in [0.5, 0.6) is 0 Å². The van der Waals surface area contributed by atoms with Crippen LogP contribution < -0.4 is 10.2 Å². The summed E-state index contributed by atoms with van der Waals surface area (Å²) in [4.78, 5) is 2.67. The Balaban J connectivity index is 1.92. The van der Waals surface area contributed by atoms with E-state index < -0.39 is 0 Å². The van der Waals surface area contributed by atoms with E-state index in [4.69, 9.17) is 0 Å². The molecule has 2 atom stereocenters. The third-order valence-electron chi connectivity index (χ3n) is 4.77. The largest absolute Gasteiger partial charge is 0.365 e. The smallest absolute Gasteiger partial charge is 0.0443 e. The predicted octanol–water partition coefficient (Wildman–Crippen LogP) is 3.02. The summed E-state index contributed by atoms with van der Waals surface area (Å²) >= 11 is 0. The maximum Gasteiger partial charge on any atom is 0.0443 e. The summed E-state index contributed by atoms with van der Waals surface area (Å²) in [5.41, 5.74) is 4.34. The summed E-state index contributed by atoms with van der Waals surface area (Å²) in [6.45, 7) is 6.78.